The number of benzene rings is 1. The average Bonchev–Trinajstić information content (AvgIpc) is 2.39. The fraction of sp³-hybridized carbons (Fsp3) is 0.500. The summed E-state index contributed by atoms with van der Waals surface area (Å²) in [5.74, 6) is 1.16. The smallest absolute Gasteiger partial charge is 0.262 e. The molecule has 3 rings (SSSR count). The molecule has 2 aliphatic rings. The molecular formula is C14H17NO3. The lowest BCUT2D eigenvalue weighted by molar-refractivity contribution is -0.118. The Balaban J connectivity index is 1.80. The summed E-state index contributed by atoms with van der Waals surface area (Å²) in [6, 6.07) is 5.99. The van der Waals surface area contributed by atoms with E-state index in [-0.39, 0.29) is 18.6 Å². The fourth-order valence-electron chi connectivity index (χ4n) is 2.75. The number of anilines is 1. The first kappa shape index (κ1) is 11.5. The highest BCUT2D eigenvalue weighted by Crippen LogP contribution is 2.37. The van der Waals surface area contributed by atoms with E-state index in [2.05, 4.69) is 11.4 Å². The lowest BCUT2D eigenvalue weighted by Crippen LogP contribution is -2.25. The van der Waals surface area contributed by atoms with Crippen molar-refractivity contribution in [1.82, 2.24) is 0 Å². The highest BCUT2D eigenvalue weighted by molar-refractivity contribution is 5.95. The number of carbonyl (C=O) groups is 1. The number of hydrogen-bond acceptors (Lipinski definition) is 3. The van der Waals surface area contributed by atoms with Gasteiger partial charge in [-0.3, -0.25) is 4.79 Å². The third-order valence-corrected chi connectivity index (χ3v) is 3.81. The second-order valence-electron chi connectivity index (χ2n) is 5.10. The molecule has 1 amide bonds. The highest BCUT2D eigenvalue weighted by Gasteiger charge is 2.23. The molecule has 4 nitrogen and oxygen atoms in total. The Labute approximate surface area is 106 Å². The van der Waals surface area contributed by atoms with E-state index in [4.69, 9.17) is 4.74 Å². The van der Waals surface area contributed by atoms with Crippen LogP contribution in [0.15, 0.2) is 18.2 Å². The largest absolute Gasteiger partial charge is 0.482 e. The van der Waals surface area contributed by atoms with E-state index >= 15 is 0 Å². The molecule has 1 heterocycles. The van der Waals surface area contributed by atoms with Crippen molar-refractivity contribution in [2.75, 3.05) is 11.9 Å². The summed E-state index contributed by atoms with van der Waals surface area (Å²) >= 11 is 0. The van der Waals surface area contributed by atoms with Crippen LogP contribution in [0.3, 0.4) is 0 Å². The second-order valence-corrected chi connectivity index (χ2v) is 5.10. The number of rotatable bonds is 1. The van der Waals surface area contributed by atoms with E-state index in [1.54, 1.807) is 0 Å². The van der Waals surface area contributed by atoms with E-state index in [1.165, 1.54) is 5.56 Å². The Hall–Kier alpha value is -1.55. The van der Waals surface area contributed by atoms with Crippen molar-refractivity contribution in [1.29, 1.82) is 0 Å². The summed E-state index contributed by atoms with van der Waals surface area (Å²) in [7, 11) is 0. The summed E-state index contributed by atoms with van der Waals surface area (Å²) in [5, 5.41) is 12.3. The van der Waals surface area contributed by atoms with Crippen molar-refractivity contribution in [3.8, 4) is 5.75 Å². The molecule has 0 aromatic heterocycles. The van der Waals surface area contributed by atoms with Crippen LogP contribution in [0.2, 0.25) is 0 Å². The summed E-state index contributed by atoms with van der Waals surface area (Å²) in [4.78, 5) is 11.2. The van der Waals surface area contributed by atoms with Gasteiger partial charge in [0.15, 0.2) is 6.61 Å². The lowest BCUT2D eigenvalue weighted by Gasteiger charge is -2.27. The normalized spacial score (nSPS) is 27.1. The SMILES string of the molecule is O=C1COc2cc(C3CCC(O)CC3)ccc2N1. The van der Waals surface area contributed by atoms with Gasteiger partial charge in [-0.05, 0) is 49.3 Å². The van der Waals surface area contributed by atoms with Crippen LogP contribution < -0.4 is 10.1 Å². The second kappa shape index (κ2) is 4.61. The van der Waals surface area contributed by atoms with Crippen LogP contribution in [0, 0.1) is 0 Å². The molecule has 1 aromatic carbocycles. The maximum Gasteiger partial charge on any atom is 0.262 e. The zero-order valence-electron chi connectivity index (χ0n) is 10.2. The molecular weight excluding hydrogens is 230 g/mol. The first-order chi connectivity index (χ1) is 8.72. The molecule has 0 bridgehead atoms. The van der Waals surface area contributed by atoms with E-state index in [0.717, 1.165) is 37.1 Å². The molecule has 0 saturated heterocycles. The number of amides is 1. The molecule has 1 fully saturated rings. The first-order valence-electron chi connectivity index (χ1n) is 6.47. The minimum Gasteiger partial charge on any atom is -0.482 e. The first-order valence-corrected chi connectivity index (χ1v) is 6.47. The van der Waals surface area contributed by atoms with Gasteiger partial charge in [0.05, 0.1) is 11.8 Å². The predicted molar refractivity (Wildman–Crippen MR) is 67.8 cm³/mol. The molecule has 0 atom stereocenters. The number of hydrogen-bond donors (Lipinski definition) is 2. The molecule has 0 spiro atoms. The molecule has 4 heteroatoms. The summed E-state index contributed by atoms with van der Waals surface area (Å²) in [5.41, 5.74) is 2.00. The number of nitrogens with one attached hydrogen (secondary N) is 1. The Morgan fingerprint density at radius 2 is 2.00 bits per heavy atom. The number of fused-ring (bicyclic) bond motifs is 1. The standard InChI is InChI=1S/C14H17NO3/c16-11-4-1-9(2-5-11)10-3-6-12-13(7-10)18-8-14(17)15-12/h3,6-7,9,11,16H,1-2,4-5,8H2,(H,15,17). The van der Waals surface area contributed by atoms with Gasteiger partial charge in [0, 0.05) is 0 Å². The molecule has 1 aromatic rings. The van der Waals surface area contributed by atoms with Gasteiger partial charge in [-0.1, -0.05) is 6.07 Å². The van der Waals surface area contributed by atoms with Crippen molar-refractivity contribution in [2.24, 2.45) is 0 Å². The lowest BCUT2D eigenvalue weighted by atomic mass is 9.82. The van der Waals surface area contributed by atoms with Crippen LogP contribution in [-0.4, -0.2) is 23.7 Å². The average molecular weight is 247 g/mol. The molecule has 0 unspecified atom stereocenters. The van der Waals surface area contributed by atoms with Crippen molar-refractivity contribution < 1.29 is 14.6 Å². The third kappa shape index (κ3) is 2.20. The van der Waals surface area contributed by atoms with Gasteiger partial charge in [-0.15, -0.1) is 0 Å². The Kier molecular flexibility index (Phi) is 2.96. The van der Waals surface area contributed by atoms with Gasteiger partial charge >= 0.3 is 0 Å². The number of carbonyl (C=O) groups excluding carboxylic acids is 1. The molecule has 18 heavy (non-hydrogen) atoms. The molecule has 1 aliphatic heterocycles. The number of aliphatic hydroxyl groups excluding tert-OH is 1. The highest BCUT2D eigenvalue weighted by atomic mass is 16.5. The van der Waals surface area contributed by atoms with Gasteiger partial charge in [-0.25, -0.2) is 0 Å². The van der Waals surface area contributed by atoms with Crippen molar-refractivity contribution in [3.05, 3.63) is 23.8 Å². The minimum atomic E-state index is -0.130. The van der Waals surface area contributed by atoms with Gasteiger partial charge in [0.1, 0.15) is 5.75 Å². The quantitative estimate of drug-likeness (QED) is 0.798. The van der Waals surface area contributed by atoms with Crippen molar-refractivity contribution in [3.63, 3.8) is 0 Å². The maximum absolute atomic E-state index is 11.2. The summed E-state index contributed by atoms with van der Waals surface area (Å²) < 4.78 is 5.43. The van der Waals surface area contributed by atoms with Crippen LogP contribution in [0.4, 0.5) is 5.69 Å². The van der Waals surface area contributed by atoms with E-state index in [1.807, 2.05) is 12.1 Å². The molecule has 1 saturated carbocycles. The number of ether oxygens (including phenoxy) is 1. The van der Waals surface area contributed by atoms with Gasteiger partial charge in [0.25, 0.3) is 5.91 Å². The predicted octanol–water partition coefficient (Wildman–Crippen LogP) is 2.04. The monoisotopic (exact) mass is 247 g/mol. The minimum absolute atomic E-state index is 0.0971. The fourth-order valence-corrected chi connectivity index (χ4v) is 2.75. The molecule has 2 N–H and O–H groups in total. The topological polar surface area (TPSA) is 58.6 Å². The molecule has 96 valence electrons. The van der Waals surface area contributed by atoms with Gasteiger partial charge in [0.2, 0.25) is 0 Å². The van der Waals surface area contributed by atoms with Crippen LogP contribution in [0.5, 0.6) is 5.75 Å². The maximum atomic E-state index is 11.2. The number of aliphatic hydroxyl groups is 1. The van der Waals surface area contributed by atoms with E-state index in [9.17, 15) is 9.90 Å². The Morgan fingerprint density at radius 3 is 2.78 bits per heavy atom. The van der Waals surface area contributed by atoms with Crippen molar-refractivity contribution in [2.45, 2.75) is 37.7 Å². The Morgan fingerprint density at radius 1 is 1.22 bits per heavy atom. The zero-order chi connectivity index (χ0) is 12.5. The van der Waals surface area contributed by atoms with Crippen molar-refractivity contribution >= 4 is 11.6 Å². The molecule has 1 aliphatic carbocycles. The van der Waals surface area contributed by atoms with E-state index < -0.39 is 0 Å². The van der Waals surface area contributed by atoms with Crippen LogP contribution in [0.25, 0.3) is 0 Å². The van der Waals surface area contributed by atoms with Crippen LogP contribution >= 0.6 is 0 Å². The van der Waals surface area contributed by atoms with Gasteiger partial charge in [-0.2, -0.15) is 0 Å². The van der Waals surface area contributed by atoms with Crippen LogP contribution in [-0.2, 0) is 4.79 Å². The Bertz CT molecular complexity index is 464. The zero-order valence-corrected chi connectivity index (χ0v) is 10.2. The summed E-state index contributed by atoms with van der Waals surface area (Å²) in [6.07, 6.45) is 3.66. The third-order valence-electron chi connectivity index (χ3n) is 3.81. The van der Waals surface area contributed by atoms with Gasteiger partial charge < -0.3 is 15.2 Å². The van der Waals surface area contributed by atoms with E-state index in [0.29, 0.717) is 5.92 Å². The molecule has 0 radical (unpaired) electrons. The summed E-state index contributed by atoms with van der Waals surface area (Å²) in [6.45, 7) is 0.0971. The van der Waals surface area contributed by atoms with Crippen LogP contribution in [0.1, 0.15) is 37.2 Å².